The fraction of sp³-hybridized carbons (Fsp3) is 0.429. The minimum absolute atomic E-state index is 0.589. The van der Waals surface area contributed by atoms with Crippen molar-refractivity contribution in [2.75, 3.05) is 6.61 Å². The number of fused-ring (bicyclic) bond motifs is 1. The number of rotatable bonds is 5. The molecule has 2 N–H and O–H groups in total. The second-order valence-corrected chi connectivity index (χ2v) is 4.13. The predicted molar refractivity (Wildman–Crippen MR) is 70.8 cm³/mol. The number of nitrogens with two attached hydrogens (primary N) is 1. The summed E-state index contributed by atoms with van der Waals surface area (Å²) < 4.78 is 7.76. The van der Waals surface area contributed by atoms with Crippen molar-refractivity contribution >= 4 is 10.9 Å². The number of ether oxygens (including phenoxy) is 1. The summed E-state index contributed by atoms with van der Waals surface area (Å²) in [7, 11) is 0. The van der Waals surface area contributed by atoms with E-state index in [4.69, 9.17) is 10.5 Å². The summed E-state index contributed by atoms with van der Waals surface area (Å²) >= 11 is 0. The van der Waals surface area contributed by atoms with Gasteiger partial charge in [-0.2, -0.15) is 0 Å². The Morgan fingerprint density at radius 2 is 2.12 bits per heavy atom. The zero-order chi connectivity index (χ0) is 12.3. The smallest absolute Gasteiger partial charge is 0.0737 e. The second-order valence-electron chi connectivity index (χ2n) is 4.13. The van der Waals surface area contributed by atoms with E-state index in [1.165, 1.54) is 22.0 Å². The summed E-state index contributed by atoms with van der Waals surface area (Å²) in [5.41, 5.74) is 9.37. The molecule has 92 valence electrons. The van der Waals surface area contributed by atoms with Gasteiger partial charge in [-0.3, -0.25) is 0 Å². The summed E-state index contributed by atoms with van der Waals surface area (Å²) in [6.07, 6.45) is 2.18. The van der Waals surface area contributed by atoms with Gasteiger partial charge in [-0.1, -0.05) is 12.1 Å². The molecule has 0 atom stereocenters. The summed E-state index contributed by atoms with van der Waals surface area (Å²) in [6, 6.07) is 6.42. The van der Waals surface area contributed by atoms with E-state index in [1.807, 2.05) is 6.92 Å². The maximum Gasteiger partial charge on any atom is 0.0737 e. The standard InChI is InChI=1S/C14H20N2O/c1-3-16-9-12(10-17-4-2)13-6-5-11(8-15)7-14(13)16/h5-7,9H,3-4,8,10,15H2,1-2H3. The molecule has 0 saturated heterocycles. The number of aromatic nitrogens is 1. The monoisotopic (exact) mass is 232 g/mol. The van der Waals surface area contributed by atoms with Crippen molar-refractivity contribution in [3.8, 4) is 0 Å². The van der Waals surface area contributed by atoms with E-state index in [2.05, 4.69) is 35.9 Å². The SMILES string of the molecule is CCOCc1cn(CC)c2cc(CN)ccc12. The van der Waals surface area contributed by atoms with Crippen LogP contribution in [0, 0.1) is 0 Å². The van der Waals surface area contributed by atoms with Crippen LogP contribution in [0.15, 0.2) is 24.4 Å². The van der Waals surface area contributed by atoms with Gasteiger partial charge in [0.25, 0.3) is 0 Å². The summed E-state index contributed by atoms with van der Waals surface area (Å²) in [4.78, 5) is 0. The molecular formula is C14H20N2O. The third-order valence-corrected chi connectivity index (χ3v) is 3.07. The number of hydrogen-bond acceptors (Lipinski definition) is 2. The first-order valence-corrected chi connectivity index (χ1v) is 6.18. The van der Waals surface area contributed by atoms with E-state index >= 15 is 0 Å². The van der Waals surface area contributed by atoms with Gasteiger partial charge in [0.05, 0.1) is 6.61 Å². The second kappa shape index (κ2) is 5.34. The third-order valence-electron chi connectivity index (χ3n) is 3.07. The van der Waals surface area contributed by atoms with E-state index in [0.717, 1.165) is 13.2 Å². The van der Waals surface area contributed by atoms with Gasteiger partial charge in [-0.15, -0.1) is 0 Å². The van der Waals surface area contributed by atoms with Gasteiger partial charge >= 0.3 is 0 Å². The van der Waals surface area contributed by atoms with Crippen molar-refractivity contribution in [2.45, 2.75) is 33.5 Å². The van der Waals surface area contributed by atoms with Crippen LogP contribution in [0.3, 0.4) is 0 Å². The van der Waals surface area contributed by atoms with Crippen LogP contribution in [0.25, 0.3) is 10.9 Å². The molecule has 0 amide bonds. The van der Waals surface area contributed by atoms with Gasteiger partial charge in [-0.25, -0.2) is 0 Å². The Morgan fingerprint density at radius 3 is 2.76 bits per heavy atom. The third kappa shape index (κ3) is 2.35. The molecule has 0 spiro atoms. The zero-order valence-corrected chi connectivity index (χ0v) is 10.6. The lowest BCUT2D eigenvalue weighted by Crippen LogP contribution is -1.97. The Labute approximate surface area is 102 Å². The molecule has 1 heterocycles. The molecule has 0 unspecified atom stereocenters. The van der Waals surface area contributed by atoms with Crippen LogP contribution in [0.1, 0.15) is 25.0 Å². The Bertz CT molecular complexity index is 502. The molecule has 3 nitrogen and oxygen atoms in total. The molecular weight excluding hydrogens is 212 g/mol. The molecule has 0 aliphatic heterocycles. The molecule has 17 heavy (non-hydrogen) atoms. The highest BCUT2D eigenvalue weighted by molar-refractivity contribution is 5.84. The number of benzene rings is 1. The average molecular weight is 232 g/mol. The Hall–Kier alpha value is -1.32. The lowest BCUT2D eigenvalue weighted by Gasteiger charge is -2.02. The van der Waals surface area contributed by atoms with Crippen LogP contribution in [-0.2, 0) is 24.4 Å². The number of nitrogens with zero attached hydrogens (tertiary/aromatic N) is 1. The van der Waals surface area contributed by atoms with Crippen LogP contribution in [0.4, 0.5) is 0 Å². The molecule has 0 aliphatic rings. The Kier molecular flexibility index (Phi) is 3.82. The fourth-order valence-electron chi connectivity index (χ4n) is 2.13. The minimum atomic E-state index is 0.589. The minimum Gasteiger partial charge on any atom is -0.377 e. The average Bonchev–Trinajstić information content (AvgIpc) is 2.73. The van der Waals surface area contributed by atoms with E-state index in [1.54, 1.807) is 0 Å². The van der Waals surface area contributed by atoms with Crippen LogP contribution < -0.4 is 5.73 Å². The van der Waals surface area contributed by atoms with Gasteiger partial charge in [0.1, 0.15) is 0 Å². The summed E-state index contributed by atoms with van der Waals surface area (Å²) in [6.45, 7) is 7.16. The molecule has 0 aliphatic carbocycles. The Morgan fingerprint density at radius 1 is 1.29 bits per heavy atom. The van der Waals surface area contributed by atoms with Crippen molar-refractivity contribution in [2.24, 2.45) is 5.73 Å². The molecule has 2 rings (SSSR count). The largest absolute Gasteiger partial charge is 0.377 e. The van der Waals surface area contributed by atoms with Gasteiger partial charge in [0.2, 0.25) is 0 Å². The van der Waals surface area contributed by atoms with E-state index in [9.17, 15) is 0 Å². The molecule has 0 saturated carbocycles. The molecule has 0 fully saturated rings. The van der Waals surface area contributed by atoms with Gasteiger partial charge < -0.3 is 15.0 Å². The zero-order valence-electron chi connectivity index (χ0n) is 10.6. The van der Waals surface area contributed by atoms with Crippen LogP contribution in [0.5, 0.6) is 0 Å². The number of aryl methyl sites for hydroxylation is 1. The van der Waals surface area contributed by atoms with E-state index < -0.39 is 0 Å². The van der Waals surface area contributed by atoms with Crippen molar-refractivity contribution in [1.29, 1.82) is 0 Å². The maximum atomic E-state index is 5.69. The summed E-state index contributed by atoms with van der Waals surface area (Å²) in [5, 5.41) is 1.28. The van der Waals surface area contributed by atoms with Crippen LogP contribution in [-0.4, -0.2) is 11.2 Å². The van der Waals surface area contributed by atoms with Crippen molar-refractivity contribution < 1.29 is 4.74 Å². The molecule has 3 heteroatoms. The molecule has 2 aromatic rings. The molecule has 1 aromatic carbocycles. The summed E-state index contributed by atoms with van der Waals surface area (Å²) in [5.74, 6) is 0. The topological polar surface area (TPSA) is 40.2 Å². The number of hydrogen-bond donors (Lipinski definition) is 1. The Balaban J connectivity index is 2.48. The maximum absolute atomic E-state index is 5.69. The molecule has 1 aromatic heterocycles. The van der Waals surface area contributed by atoms with E-state index in [0.29, 0.717) is 13.2 Å². The molecule has 0 radical (unpaired) electrons. The first-order chi connectivity index (χ1) is 8.30. The quantitative estimate of drug-likeness (QED) is 0.861. The van der Waals surface area contributed by atoms with E-state index in [-0.39, 0.29) is 0 Å². The van der Waals surface area contributed by atoms with Crippen molar-refractivity contribution in [3.63, 3.8) is 0 Å². The lowest BCUT2D eigenvalue weighted by atomic mass is 10.1. The highest BCUT2D eigenvalue weighted by atomic mass is 16.5. The highest BCUT2D eigenvalue weighted by Crippen LogP contribution is 2.23. The fourth-order valence-corrected chi connectivity index (χ4v) is 2.13. The van der Waals surface area contributed by atoms with Crippen molar-refractivity contribution in [1.82, 2.24) is 4.57 Å². The van der Waals surface area contributed by atoms with Crippen LogP contribution >= 0.6 is 0 Å². The predicted octanol–water partition coefficient (Wildman–Crippen LogP) is 2.66. The highest BCUT2D eigenvalue weighted by Gasteiger charge is 2.08. The molecule has 0 bridgehead atoms. The first kappa shape index (κ1) is 12.1. The van der Waals surface area contributed by atoms with Crippen molar-refractivity contribution in [3.05, 3.63) is 35.5 Å². The van der Waals surface area contributed by atoms with Gasteiger partial charge in [-0.05, 0) is 25.5 Å². The van der Waals surface area contributed by atoms with Crippen LogP contribution in [0.2, 0.25) is 0 Å². The van der Waals surface area contributed by atoms with Gasteiger partial charge in [0, 0.05) is 42.4 Å². The normalized spacial score (nSPS) is 11.2. The van der Waals surface area contributed by atoms with Gasteiger partial charge in [0.15, 0.2) is 0 Å². The lowest BCUT2D eigenvalue weighted by molar-refractivity contribution is 0.135. The first-order valence-electron chi connectivity index (χ1n) is 6.18.